The fraction of sp³-hybridized carbons (Fsp3) is 0.333. The van der Waals surface area contributed by atoms with Crippen molar-refractivity contribution >= 4 is 27.5 Å². The SMILES string of the molecule is Cc1ccc(C)c2sc(OC3CCN(C(=O)c4ccccc4F)CC3)nc12. The average molecular weight is 384 g/mol. The quantitative estimate of drug-likeness (QED) is 0.655. The molecule has 0 spiro atoms. The van der Waals surface area contributed by atoms with Crippen LogP contribution in [-0.2, 0) is 0 Å². The van der Waals surface area contributed by atoms with Crippen molar-refractivity contribution in [2.75, 3.05) is 13.1 Å². The molecule has 0 atom stereocenters. The van der Waals surface area contributed by atoms with E-state index in [0.29, 0.717) is 31.1 Å². The maximum Gasteiger partial charge on any atom is 0.274 e. The molecule has 2 heterocycles. The summed E-state index contributed by atoms with van der Waals surface area (Å²) >= 11 is 1.57. The van der Waals surface area contributed by atoms with Crippen LogP contribution < -0.4 is 4.74 Å². The molecule has 0 N–H and O–H groups in total. The van der Waals surface area contributed by atoms with Gasteiger partial charge in [-0.1, -0.05) is 35.6 Å². The highest BCUT2D eigenvalue weighted by Crippen LogP contribution is 2.33. The van der Waals surface area contributed by atoms with Gasteiger partial charge in [0.05, 0.1) is 15.8 Å². The Labute approximate surface area is 161 Å². The lowest BCUT2D eigenvalue weighted by molar-refractivity contribution is 0.0591. The third-order valence-electron chi connectivity index (χ3n) is 5.02. The molecule has 0 bridgehead atoms. The van der Waals surface area contributed by atoms with E-state index in [1.165, 1.54) is 17.7 Å². The number of rotatable bonds is 3. The van der Waals surface area contributed by atoms with E-state index in [2.05, 4.69) is 31.0 Å². The van der Waals surface area contributed by atoms with Gasteiger partial charge < -0.3 is 9.64 Å². The van der Waals surface area contributed by atoms with Crippen LogP contribution in [0.1, 0.15) is 34.3 Å². The number of hydrogen-bond acceptors (Lipinski definition) is 4. The normalized spacial score (nSPS) is 15.3. The Morgan fingerprint density at radius 1 is 1.15 bits per heavy atom. The van der Waals surface area contributed by atoms with Crippen LogP contribution in [0.4, 0.5) is 4.39 Å². The Balaban J connectivity index is 1.41. The van der Waals surface area contributed by atoms with Crippen molar-refractivity contribution in [2.24, 2.45) is 0 Å². The number of ether oxygens (including phenoxy) is 1. The topological polar surface area (TPSA) is 42.4 Å². The number of likely N-dealkylation sites (tertiary alicyclic amines) is 1. The third-order valence-corrected chi connectivity index (χ3v) is 6.11. The summed E-state index contributed by atoms with van der Waals surface area (Å²) in [6.07, 6.45) is 1.46. The van der Waals surface area contributed by atoms with Crippen molar-refractivity contribution in [2.45, 2.75) is 32.8 Å². The lowest BCUT2D eigenvalue weighted by Gasteiger charge is -2.31. The van der Waals surface area contributed by atoms with E-state index in [9.17, 15) is 9.18 Å². The third kappa shape index (κ3) is 3.54. The highest BCUT2D eigenvalue weighted by atomic mass is 32.1. The molecule has 1 amide bonds. The van der Waals surface area contributed by atoms with E-state index >= 15 is 0 Å². The Bertz CT molecular complexity index is 954. The van der Waals surface area contributed by atoms with Crippen LogP contribution in [0.3, 0.4) is 0 Å². The number of benzene rings is 2. The van der Waals surface area contributed by atoms with Crippen LogP contribution in [0.5, 0.6) is 5.19 Å². The van der Waals surface area contributed by atoms with Gasteiger partial charge in [-0.15, -0.1) is 0 Å². The number of carbonyl (C=O) groups is 1. The molecule has 1 saturated heterocycles. The number of nitrogens with zero attached hydrogens (tertiary/aromatic N) is 2. The van der Waals surface area contributed by atoms with Crippen LogP contribution >= 0.6 is 11.3 Å². The predicted octanol–water partition coefficient (Wildman–Crippen LogP) is 4.74. The molecular formula is C21H21FN2O2S. The summed E-state index contributed by atoms with van der Waals surface area (Å²) in [5.74, 6) is -0.723. The zero-order chi connectivity index (χ0) is 19.0. The number of aryl methyl sites for hydroxylation is 2. The highest BCUT2D eigenvalue weighted by molar-refractivity contribution is 7.20. The van der Waals surface area contributed by atoms with Crippen LogP contribution in [0.2, 0.25) is 0 Å². The molecule has 140 valence electrons. The van der Waals surface area contributed by atoms with Crippen molar-refractivity contribution in [1.82, 2.24) is 9.88 Å². The number of hydrogen-bond donors (Lipinski definition) is 0. The van der Waals surface area contributed by atoms with Gasteiger partial charge in [0.15, 0.2) is 0 Å². The second-order valence-corrected chi connectivity index (χ2v) is 7.91. The van der Waals surface area contributed by atoms with E-state index in [-0.39, 0.29) is 17.6 Å². The van der Waals surface area contributed by atoms with Crippen LogP contribution in [0, 0.1) is 19.7 Å². The van der Waals surface area contributed by atoms with Gasteiger partial charge in [-0.05, 0) is 37.1 Å². The molecular weight excluding hydrogens is 363 g/mol. The number of fused-ring (bicyclic) bond motifs is 1. The number of amides is 1. The maximum atomic E-state index is 13.8. The molecule has 4 rings (SSSR count). The van der Waals surface area contributed by atoms with Crippen molar-refractivity contribution in [1.29, 1.82) is 0 Å². The first-order valence-electron chi connectivity index (χ1n) is 9.10. The minimum absolute atomic E-state index is 0.0239. The van der Waals surface area contributed by atoms with Gasteiger partial charge in [0.25, 0.3) is 11.1 Å². The molecule has 0 aliphatic carbocycles. The highest BCUT2D eigenvalue weighted by Gasteiger charge is 2.26. The fourth-order valence-electron chi connectivity index (χ4n) is 3.41. The van der Waals surface area contributed by atoms with Crippen molar-refractivity contribution in [3.8, 4) is 5.19 Å². The molecule has 1 fully saturated rings. The molecule has 0 saturated carbocycles. The summed E-state index contributed by atoms with van der Waals surface area (Å²) in [7, 11) is 0. The number of thiazole rings is 1. The van der Waals surface area contributed by atoms with E-state index in [4.69, 9.17) is 4.74 Å². The summed E-state index contributed by atoms with van der Waals surface area (Å²) in [4.78, 5) is 18.9. The van der Waals surface area contributed by atoms with E-state index in [1.807, 2.05) is 0 Å². The Hall–Kier alpha value is -2.47. The summed E-state index contributed by atoms with van der Waals surface area (Å²) in [5, 5.41) is 0.682. The van der Waals surface area contributed by atoms with E-state index < -0.39 is 5.82 Å². The number of piperidine rings is 1. The fourth-order valence-corrected chi connectivity index (χ4v) is 4.44. The van der Waals surface area contributed by atoms with Gasteiger partial charge in [0.1, 0.15) is 11.9 Å². The molecule has 6 heteroatoms. The Morgan fingerprint density at radius 2 is 1.85 bits per heavy atom. The molecule has 0 unspecified atom stereocenters. The second-order valence-electron chi connectivity index (χ2n) is 6.95. The van der Waals surface area contributed by atoms with Crippen LogP contribution in [0.15, 0.2) is 36.4 Å². The Kier molecular flexibility index (Phi) is 4.83. The van der Waals surface area contributed by atoms with Crippen molar-refractivity contribution in [3.63, 3.8) is 0 Å². The van der Waals surface area contributed by atoms with Gasteiger partial charge in [-0.3, -0.25) is 4.79 Å². The first kappa shape index (κ1) is 17.9. The number of carbonyl (C=O) groups excluding carboxylic acids is 1. The molecule has 1 aliphatic heterocycles. The van der Waals surface area contributed by atoms with E-state index in [0.717, 1.165) is 15.8 Å². The summed E-state index contributed by atoms with van der Waals surface area (Å²) in [6, 6.07) is 10.3. The number of aromatic nitrogens is 1. The van der Waals surface area contributed by atoms with Gasteiger partial charge in [0.2, 0.25) is 0 Å². The Morgan fingerprint density at radius 3 is 2.56 bits per heavy atom. The lowest BCUT2D eigenvalue weighted by Crippen LogP contribution is -2.42. The minimum Gasteiger partial charge on any atom is -0.467 e. The zero-order valence-corrected chi connectivity index (χ0v) is 16.2. The first-order valence-corrected chi connectivity index (χ1v) is 9.92. The molecule has 1 aromatic heterocycles. The van der Waals surface area contributed by atoms with Crippen LogP contribution in [0.25, 0.3) is 10.2 Å². The second kappa shape index (κ2) is 7.27. The lowest BCUT2D eigenvalue weighted by atomic mass is 10.1. The van der Waals surface area contributed by atoms with Gasteiger partial charge in [-0.25, -0.2) is 9.37 Å². The summed E-state index contributed by atoms with van der Waals surface area (Å²) in [6.45, 7) is 5.25. The smallest absolute Gasteiger partial charge is 0.274 e. The number of halogens is 1. The van der Waals surface area contributed by atoms with Crippen molar-refractivity contribution < 1.29 is 13.9 Å². The standard InChI is InChI=1S/C21H21FN2O2S/c1-13-7-8-14(2)19-18(13)23-21(27-19)26-15-9-11-24(12-10-15)20(25)16-5-3-4-6-17(16)22/h3-8,15H,9-12H2,1-2H3. The largest absolute Gasteiger partial charge is 0.467 e. The zero-order valence-electron chi connectivity index (χ0n) is 15.4. The van der Waals surface area contributed by atoms with Crippen LogP contribution in [-0.4, -0.2) is 35.0 Å². The molecule has 27 heavy (non-hydrogen) atoms. The van der Waals surface area contributed by atoms with Gasteiger partial charge >= 0.3 is 0 Å². The molecule has 1 aliphatic rings. The van der Waals surface area contributed by atoms with Gasteiger partial charge in [-0.2, -0.15) is 0 Å². The van der Waals surface area contributed by atoms with Crippen molar-refractivity contribution in [3.05, 3.63) is 58.9 Å². The van der Waals surface area contributed by atoms with Gasteiger partial charge in [0, 0.05) is 25.9 Å². The summed E-state index contributed by atoms with van der Waals surface area (Å²) in [5.41, 5.74) is 3.48. The minimum atomic E-state index is -0.471. The maximum absolute atomic E-state index is 13.8. The molecule has 3 aromatic rings. The monoisotopic (exact) mass is 384 g/mol. The molecule has 4 nitrogen and oxygen atoms in total. The summed E-state index contributed by atoms with van der Waals surface area (Å²) < 4.78 is 21.1. The molecule has 2 aromatic carbocycles. The molecule has 0 radical (unpaired) electrons. The van der Waals surface area contributed by atoms with E-state index in [1.54, 1.807) is 28.4 Å². The first-order chi connectivity index (χ1) is 13.0. The predicted molar refractivity (Wildman–Crippen MR) is 105 cm³/mol. The average Bonchev–Trinajstić information content (AvgIpc) is 3.10.